The highest BCUT2D eigenvalue weighted by molar-refractivity contribution is 4.57. The topological polar surface area (TPSA) is 0 Å². The van der Waals surface area contributed by atoms with Gasteiger partial charge in [-0.3, -0.25) is 0 Å². The molecule has 1 nitrogen and oxygen atoms in total. The lowest BCUT2D eigenvalue weighted by atomic mass is 10.0. The van der Waals surface area contributed by atoms with E-state index in [1.54, 1.807) is 0 Å². The third kappa shape index (κ3) is 45.5. The molecule has 0 aromatic heterocycles. The largest absolute Gasteiger partial charge is 1.00 e. The Labute approximate surface area is 369 Å². The number of quaternary nitrogens is 1. The second kappa shape index (κ2) is 51.6. The summed E-state index contributed by atoms with van der Waals surface area (Å²) in [5, 5.41) is 0. The van der Waals surface area contributed by atoms with E-state index in [-0.39, 0.29) is 17.0 Å². The quantitative estimate of drug-likeness (QED) is 0.0422. The lowest BCUT2D eigenvalue weighted by Crippen LogP contribution is -3.00. The first-order valence-corrected chi connectivity index (χ1v) is 27.1. The van der Waals surface area contributed by atoms with Gasteiger partial charge in [0, 0.05) is 0 Å². The van der Waals surface area contributed by atoms with Crippen LogP contribution in [0.25, 0.3) is 0 Å². The molecule has 0 aromatic carbocycles. The van der Waals surface area contributed by atoms with Crippen LogP contribution >= 0.6 is 0 Å². The summed E-state index contributed by atoms with van der Waals surface area (Å²) in [4.78, 5) is 0. The van der Waals surface area contributed by atoms with Crippen molar-refractivity contribution >= 4 is 0 Å². The van der Waals surface area contributed by atoms with Gasteiger partial charge in [-0.2, -0.15) is 0 Å². The highest BCUT2D eigenvalue weighted by Crippen LogP contribution is 2.22. The van der Waals surface area contributed by atoms with Crippen LogP contribution in [-0.2, 0) is 0 Å². The van der Waals surface area contributed by atoms with Crippen molar-refractivity contribution in [1.82, 2.24) is 0 Å². The Kier molecular flexibility index (Phi) is 53.9. The first-order valence-electron chi connectivity index (χ1n) is 27.1. The predicted molar refractivity (Wildman–Crippen MR) is 255 cm³/mol. The molecule has 0 radical (unpaired) electrons. The molecule has 0 spiro atoms. The zero-order chi connectivity index (χ0) is 39.9. The third-order valence-electron chi connectivity index (χ3n) is 13.4. The van der Waals surface area contributed by atoms with Crippen molar-refractivity contribution in [1.29, 1.82) is 0 Å². The fraction of sp³-hybridized carbons (Fsp3) is 1.00. The van der Waals surface area contributed by atoms with Gasteiger partial charge in [0.15, 0.2) is 0 Å². The van der Waals surface area contributed by atoms with E-state index >= 15 is 0 Å². The summed E-state index contributed by atoms with van der Waals surface area (Å²) in [7, 11) is 0. The van der Waals surface area contributed by atoms with E-state index in [1.165, 1.54) is 326 Å². The van der Waals surface area contributed by atoms with Crippen molar-refractivity contribution in [2.45, 2.75) is 323 Å². The van der Waals surface area contributed by atoms with E-state index in [0.29, 0.717) is 0 Å². The molecule has 0 bridgehead atoms. The molecule has 0 saturated heterocycles. The van der Waals surface area contributed by atoms with Gasteiger partial charge in [-0.05, 0) is 51.4 Å². The average molecular weight is 855 g/mol. The minimum atomic E-state index is 0. The maximum atomic E-state index is 2.35. The second-order valence-electron chi connectivity index (χ2n) is 19.1. The zero-order valence-electron chi connectivity index (χ0n) is 40.2. The monoisotopic (exact) mass is 854 g/mol. The molecule has 0 unspecified atom stereocenters. The second-order valence-corrected chi connectivity index (χ2v) is 19.1. The molecule has 0 rings (SSSR count). The van der Waals surface area contributed by atoms with E-state index in [0.717, 1.165) is 0 Å². The third-order valence-corrected chi connectivity index (χ3v) is 13.4. The predicted octanol–water partition coefficient (Wildman–Crippen LogP) is 16.8. The summed E-state index contributed by atoms with van der Waals surface area (Å²) in [6, 6.07) is 0. The summed E-state index contributed by atoms with van der Waals surface area (Å²) < 4.78 is 1.49. The fourth-order valence-electron chi connectivity index (χ4n) is 9.47. The summed E-state index contributed by atoms with van der Waals surface area (Å²) in [6.07, 6.45) is 67.7. The Morgan fingerprint density at radius 2 is 0.268 bits per heavy atom. The van der Waals surface area contributed by atoms with Crippen LogP contribution in [-0.4, -0.2) is 30.7 Å². The van der Waals surface area contributed by atoms with Crippen LogP contribution in [0.4, 0.5) is 0 Å². The van der Waals surface area contributed by atoms with Crippen molar-refractivity contribution in [2.75, 3.05) is 26.2 Å². The average Bonchev–Trinajstić information content (AvgIpc) is 3.19. The van der Waals surface area contributed by atoms with Crippen molar-refractivity contribution in [2.24, 2.45) is 0 Å². The van der Waals surface area contributed by atoms with Gasteiger partial charge in [-0.1, -0.05) is 272 Å². The standard InChI is InChI=1S/C54H112N.BrH/c1-5-9-13-17-21-23-25-27-29-31-33-35-37-41-45-49-53-55(51-47-43-39-19-15-11-7-3,52-48-44-40-20-16-12-8-4)54-50-46-42-38-36-34-32-30-28-26-24-22-18-14-10-6-2;/h5-54H2,1-4H3;1H/q+1;/p-1. The SMILES string of the molecule is CCCCCCCCCCCCCCCCCC[N+](CCCCCCCCC)(CCCCCCCCC)CCCCCCCCCCCCCCCCCC.[Br-]. The van der Waals surface area contributed by atoms with Gasteiger partial charge in [0.1, 0.15) is 0 Å². The molecule has 0 aliphatic heterocycles. The molecule has 0 saturated carbocycles. The number of hydrogen-bond acceptors (Lipinski definition) is 0. The van der Waals surface area contributed by atoms with Crippen LogP contribution in [0.3, 0.4) is 0 Å². The van der Waals surface area contributed by atoms with Gasteiger partial charge in [-0.25, -0.2) is 0 Å². The summed E-state index contributed by atoms with van der Waals surface area (Å²) in [6.45, 7) is 15.3. The van der Waals surface area contributed by atoms with Crippen LogP contribution in [0.5, 0.6) is 0 Å². The lowest BCUT2D eigenvalue weighted by Gasteiger charge is -2.40. The van der Waals surface area contributed by atoms with E-state index in [1.807, 2.05) is 0 Å². The minimum absolute atomic E-state index is 0. The molecule has 0 atom stereocenters. The molecular weight excluding hydrogens is 743 g/mol. The van der Waals surface area contributed by atoms with Crippen LogP contribution in [0.1, 0.15) is 323 Å². The van der Waals surface area contributed by atoms with Gasteiger partial charge in [0.2, 0.25) is 0 Å². The number of rotatable bonds is 50. The van der Waals surface area contributed by atoms with Crippen LogP contribution in [0, 0.1) is 0 Å². The van der Waals surface area contributed by atoms with Crippen molar-refractivity contribution in [3.63, 3.8) is 0 Å². The maximum absolute atomic E-state index is 2.35. The molecule has 340 valence electrons. The van der Waals surface area contributed by atoms with Crippen molar-refractivity contribution in [3.05, 3.63) is 0 Å². The Bertz CT molecular complexity index is 607. The molecule has 0 heterocycles. The Morgan fingerprint density at radius 3 is 0.393 bits per heavy atom. The maximum Gasteiger partial charge on any atom is 0.0786 e. The van der Waals surface area contributed by atoms with E-state index in [4.69, 9.17) is 0 Å². The molecule has 0 aliphatic carbocycles. The number of unbranched alkanes of at least 4 members (excludes halogenated alkanes) is 42. The van der Waals surface area contributed by atoms with Gasteiger partial charge in [-0.15, -0.1) is 0 Å². The van der Waals surface area contributed by atoms with Gasteiger partial charge >= 0.3 is 0 Å². The molecule has 56 heavy (non-hydrogen) atoms. The number of halogens is 1. The van der Waals surface area contributed by atoms with E-state index in [2.05, 4.69) is 27.7 Å². The molecule has 0 aliphatic rings. The summed E-state index contributed by atoms with van der Waals surface area (Å²) in [5.74, 6) is 0. The van der Waals surface area contributed by atoms with E-state index < -0.39 is 0 Å². The Hall–Kier alpha value is 0.440. The van der Waals surface area contributed by atoms with Crippen LogP contribution < -0.4 is 17.0 Å². The molecule has 2 heteroatoms. The molecule has 0 fully saturated rings. The summed E-state index contributed by atoms with van der Waals surface area (Å²) in [5.41, 5.74) is 0. The van der Waals surface area contributed by atoms with Crippen LogP contribution in [0.2, 0.25) is 0 Å². The van der Waals surface area contributed by atoms with Gasteiger partial charge in [0.25, 0.3) is 0 Å². The number of nitrogens with zero attached hydrogens (tertiary/aromatic N) is 1. The van der Waals surface area contributed by atoms with Crippen LogP contribution in [0.15, 0.2) is 0 Å². The number of hydrogen-bond donors (Lipinski definition) is 0. The van der Waals surface area contributed by atoms with E-state index in [9.17, 15) is 0 Å². The minimum Gasteiger partial charge on any atom is -1.00 e. The molecule has 0 amide bonds. The highest BCUT2D eigenvalue weighted by atomic mass is 79.9. The lowest BCUT2D eigenvalue weighted by molar-refractivity contribution is -0.929. The first-order chi connectivity index (χ1) is 27.2. The smallest absolute Gasteiger partial charge is 0.0786 e. The van der Waals surface area contributed by atoms with Gasteiger partial charge < -0.3 is 21.5 Å². The highest BCUT2D eigenvalue weighted by Gasteiger charge is 2.25. The Morgan fingerprint density at radius 1 is 0.161 bits per heavy atom. The normalized spacial score (nSPS) is 11.8. The zero-order valence-corrected chi connectivity index (χ0v) is 41.8. The summed E-state index contributed by atoms with van der Waals surface area (Å²) >= 11 is 0. The molecular formula is C54H112BrN. The molecule has 0 aromatic rings. The molecule has 0 N–H and O–H groups in total. The van der Waals surface area contributed by atoms with Gasteiger partial charge in [0.05, 0.1) is 26.2 Å². The Balaban J connectivity index is 0. The van der Waals surface area contributed by atoms with Crippen molar-refractivity contribution in [3.8, 4) is 0 Å². The fourth-order valence-corrected chi connectivity index (χ4v) is 9.47. The first kappa shape index (κ1) is 58.5. The van der Waals surface area contributed by atoms with Crippen molar-refractivity contribution < 1.29 is 21.5 Å².